The van der Waals surface area contributed by atoms with Crippen molar-refractivity contribution in [2.24, 2.45) is 0 Å². The Morgan fingerprint density at radius 2 is 2.24 bits per heavy atom. The van der Waals surface area contributed by atoms with Gasteiger partial charge in [-0.05, 0) is 43.5 Å². The molecule has 1 unspecified atom stereocenters. The first kappa shape index (κ1) is 13.7. The molecule has 17 heavy (non-hydrogen) atoms. The molecule has 1 atom stereocenters. The molecule has 0 heterocycles. The lowest BCUT2D eigenvalue weighted by molar-refractivity contribution is 0.504. The molecule has 0 spiro atoms. The maximum Gasteiger partial charge on any atom is 0.126 e. The highest BCUT2D eigenvalue weighted by Gasteiger charge is 2.11. The van der Waals surface area contributed by atoms with Crippen molar-refractivity contribution in [3.05, 3.63) is 35.1 Å². The van der Waals surface area contributed by atoms with Gasteiger partial charge in [0.05, 0.1) is 0 Å². The van der Waals surface area contributed by atoms with Gasteiger partial charge in [-0.15, -0.1) is 12.3 Å². The van der Waals surface area contributed by atoms with Crippen LogP contribution in [0.1, 0.15) is 43.4 Å². The van der Waals surface area contributed by atoms with Gasteiger partial charge in [0.1, 0.15) is 5.82 Å². The maximum absolute atomic E-state index is 13.2. The molecule has 0 aliphatic carbocycles. The van der Waals surface area contributed by atoms with E-state index in [0.29, 0.717) is 5.56 Å². The quantitative estimate of drug-likeness (QED) is 0.740. The average Bonchev–Trinajstić information content (AvgIpc) is 2.33. The van der Waals surface area contributed by atoms with Crippen LogP contribution in [0, 0.1) is 25.1 Å². The molecule has 0 amide bonds. The van der Waals surface area contributed by atoms with E-state index >= 15 is 0 Å². The second-order valence-electron chi connectivity index (χ2n) is 4.26. The van der Waals surface area contributed by atoms with Gasteiger partial charge in [0, 0.05) is 12.5 Å². The zero-order chi connectivity index (χ0) is 12.7. The Morgan fingerprint density at radius 3 is 2.82 bits per heavy atom. The molecule has 2 heteroatoms. The van der Waals surface area contributed by atoms with Gasteiger partial charge in [-0.3, -0.25) is 0 Å². The van der Waals surface area contributed by atoms with Crippen LogP contribution in [0.5, 0.6) is 0 Å². The summed E-state index contributed by atoms with van der Waals surface area (Å²) in [4.78, 5) is 0. The summed E-state index contributed by atoms with van der Waals surface area (Å²) in [5.41, 5.74) is 1.80. The van der Waals surface area contributed by atoms with Gasteiger partial charge in [-0.2, -0.15) is 0 Å². The van der Waals surface area contributed by atoms with Gasteiger partial charge in [-0.1, -0.05) is 19.1 Å². The van der Waals surface area contributed by atoms with E-state index in [2.05, 4.69) is 18.2 Å². The molecule has 1 aromatic carbocycles. The molecule has 0 saturated carbocycles. The van der Waals surface area contributed by atoms with Crippen molar-refractivity contribution in [2.45, 2.75) is 39.2 Å². The van der Waals surface area contributed by atoms with Crippen molar-refractivity contribution in [3.63, 3.8) is 0 Å². The molecule has 1 N–H and O–H groups in total. The SMILES string of the molecule is C#CCCC(NCCC)c1ccc(F)c(C)c1. The van der Waals surface area contributed by atoms with Crippen molar-refractivity contribution < 1.29 is 4.39 Å². The highest BCUT2D eigenvalue weighted by Crippen LogP contribution is 2.20. The van der Waals surface area contributed by atoms with Crippen LogP contribution in [-0.2, 0) is 0 Å². The minimum absolute atomic E-state index is 0.153. The summed E-state index contributed by atoms with van der Waals surface area (Å²) < 4.78 is 13.2. The third-order valence-electron chi connectivity index (χ3n) is 2.80. The number of halogens is 1. The Bertz CT molecular complexity index is 392. The van der Waals surface area contributed by atoms with E-state index in [4.69, 9.17) is 6.42 Å². The first-order valence-corrected chi connectivity index (χ1v) is 6.12. The first-order valence-electron chi connectivity index (χ1n) is 6.12. The van der Waals surface area contributed by atoms with Crippen molar-refractivity contribution in [1.29, 1.82) is 0 Å². The van der Waals surface area contributed by atoms with E-state index in [0.717, 1.165) is 31.4 Å². The van der Waals surface area contributed by atoms with Crippen molar-refractivity contribution in [3.8, 4) is 12.3 Å². The standard InChI is InChI=1S/C15H20FN/c1-4-6-7-15(17-10-5-2)13-8-9-14(16)12(3)11-13/h1,8-9,11,15,17H,5-7,10H2,2-3H3. The Balaban J connectivity index is 2.80. The molecule has 0 saturated heterocycles. The molecule has 0 aromatic heterocycles. The predicted molar refractivity (Wildman–Crippen MR) is 70.2 cm³/mol. The molecule has 1 aromatic rings. The fourth-order valence-corrected chi connectivity index (χ4v) is 1.82. The number of nitrogens with one attached hydrogen (secondary N) is 1. The summed E-state index contributed by atoms with van der Waals surface area (Å²) in [6, 6.07) is 5.50. The fraction of sp³-hybridized carbons (Fsp3) is 0.467. The summed E-state index contributed by atoms with van der Waals surface area (Å²) in [6.45, 7) is 4.86. The number of rotatable bonds is 6. The van der Waals surface area contributed by atoms with Crippen LogP contribution < -0.4 is 5.32 Å². The van der Waals surface area contributed by atoms with Crippen LogP contribution in [0.15, 0.2) is 18.2 Å². The van der Waals surface area contributed by atoms with Crippen LogP contribution in [-0.4, -0.2) is 6.54 Å². The smallest absolute Gasteiger partial charge is 0.126 e. The maximum atomic E-state index is 13.2. The second-order valence-corrected chi connectivity index (χ2v) is 4.26. The third-order valence-corrected chi connectivity index (χ3v) is 2.80. The lowest BCUT2D eigenvalue weighted by Crippen LogP contribution is -2.22. The summed E-state index contributed by atoms with van der Waals surface area (Å²) in [7, 11) is 0. The van der Waals surface area contributed by atoms with Crippen LogP contribution in [0.3, 0.4) is 0 Å². The molecular weight excluding hydrogens is 213 g/mol. The summed E-state index contributed by atoms with van der Waals surface area (Å²) >= 11 is 0. The highest BCUT2D eigenvalue weighted by molar-refractivity contribution is 5.26. The van der Waals surface area contributed by atoms with E-state index in [1.54, 1.807) is 6.92 Å². The van der Waals surface area contributed by atoms with E-state index < -0.39 is 0 Å². The molecule has 1 nitrogen and oxygen atoms in total. The van der Waals surface area contributed by atoms with E-state index in [9.17, 15) is 4.39 Å². The largest absolute Gasteiger partial charge is 0.310 e. The van der Waals surface area contributed by atoms with Crippen molar-refractivity contribution in [2.75, 3.05) is 6.54 Å². The number of hydrogen-bond donors (Lipinski definition) is 1. The number of hydrogen-bond acceptors (Lipinski definition) is 1. The minimum atomic E-state index is -0.153. The van der Waals surface area contributed by atoms with Gasteiger partial charge in [-0.25, -0.2) is 4.39 Å². The fourth-order valence-electron chi connectivity index (χ4n) is 1.82. The van der Waals surface area contributed by atoms with Crippen LogP contribution >= 0.6 is 0 Å². The normalized spacial score (nSPS) is 12.1. The zero-order valence-corrected chi connectivity index (χ0v) is 10.6. The second kappa shape index (κ2) is 7.09. The highest BCUT2D eigenvalue weighted by atomic mass is 19.1. The first-order chi connectivity index (χ1) is 8.19. The van der Waals surface area contributed by atoms with Gasteiger partial charge in [0.15, 0.2) is 0 Å². The van der Waals surface area contributed by atoms with Gasteiger partial charge in [0.2, 0.25) is 0 Å². The van der Waals surface area contributed by atoms with Gasteiger partial charge >= 0.3 is 0 Å². The van der Waals surface area contributed by atoms with E-state index in [1.807, 2.05) is 12.1 Å². The lowest BCUT2D eigenvalue weighted by Gasteiger charge is -2.18. The summed E-state index contributed by atoms with van der Waals surface area (Å²) in [6.07, 6.45) is 8.00. The molecular formula is C15H20FN. The monoisotopic (exact) mass is 233 g/mol. The Morgan fingerprint density at radius 1 is 1.47 bits per heavy atom. The molecule has 1 rings (SSSR count). The Kier molecular flexibility index (Phi) is 5.72. The third kappa shape index (κ3) is 4.20. The van der Waals surface area contributed by atoms with Crippen LogP contribution in [0.2, 0.25) is 0 Å². The Hall–Kier alpha value is -1.33. The minimum Gasteiger partial charge on any atom is -0.310 e. The van der Waals surface area contributed by atoms with Gasteiger partial charge < -0.3 is 5.32 Å². The van der Waals surface area contributed by atoms with E-state index in [-0.39, 0.29) is 11.9 Å². The number of benzene rings is 1. The van der Waals surface area contributed by atoms with Crippen molar-refractivity contribution in [1.82, 2.24) is 5.32 Å². The molecule has 0 fully saturated rings. The summed E-state index contributed by atoms with van der Waals surface area (Å²) in [5.74, 6) is 2.50. The van der Waals surface area contributed by atoms with Crippen molar-refractivity contribution >= 4 is 0 Å². The number of terminal acetylenes is 1. The average molecular weight is 233 g/mol. The predicted octanol–water partition coefficient (Wildman–Crippen LogP) is 3.59. The molecule has 92 valence electrons. The topological polar surface area (TPSA) is 12.0 Å². The Labute approximate surface area is 103 Å². The molecule has 0 bridgehead atoms. The molecule has 0 aliphatic heterocycles. The van der Waals surface area contributed by atoms with Gasteiger partial charge in [0.25, 0.3) is 0 Å². The number of aryl methyl sites for hydroxylation is 1. The lowest BCUT2D eigenvalue weighted by atomic mass is 10.00. The van der Waals surface area contributed by atoms with Crippen LogP contribution in [0.4, 0.5) is 4.39 Å². The zero-order valence-electron chi connectivity index (χ0n) is 10.6. The summed E-state index contributed by atoms with van der Waals surface area (Å²) in [5, 5.41) is 3.45. The molecule has 0 aliphatic rings. The molecule has 0 radical (unpaired) electrons. The van der Waals surface area contributed by atoms with Crippen LogP contribution in [0.25, 0.3) is 0 Å². The van der Waals surface area contributed by atoms with E-state index in [1.165, 1.54) is 6.07 Å².